The van der Waals surface area contributed by atoms with E-state index in [0.29, 0.717) is 12.3 Å². The van der Waals surface area contributed by atoms with Gasteiger partial charge in [-0.25, -0.2) is 0 Å². The molecule has 2 aromatic carbocycles. The van der Waals surface area contributed by atoms with Gasteiger partial charge in [0, 0.05) is 12.1 Å². The van der Waals surface area contributed by atoms with Crippen molar-refractivity contribution in [2.75, 3.05) is 6.61 Å². The number of carbonyl (C=O) groups excluding carboxylic acids is 2. The number of benzene rings is 2. The second-order valence-electron chi connectivity index (χ2n) is 8.96. The van der Waals surface area contributed by atoms with Crippen molar-refractivity contribution >= 4 is 11.8 Å². The molecule has 30 heavy (non-hydrogen) atoms. The lowest BCUT2D eigenvalue weighted by molar-refractivity contribution is -0.142. The molecular weight excluding hydrogens is 376 g/mol. The Morgan fingerprint density at radius 2 is 1.73 bits per heavy atom. The van der Waals surface area contributed by atoms with Crippen LogP contribution in [0.5, 0.6) is 5.75 Å². The first kappa shape index (κ1) is 23.5. The van der Waals surface area contributed by atoms with Crippen molar-refractivity contribution in [1.29, 1.82) is 0 Å². The van der Waals surface area contributed by atoms with Gasteiger partial charge in [0.1, 0.15) is 11.8 Å². The van der Waals surface area contributed by atoms with E-state index < -0.39 is 6.04 Å². The zero-order valence-electron chi connectivity index (χ0n) is 19.2. The molecule has 0 fully saturated rings. The van der Waals surface area contributed by atoms with Gasteiger partial charge in [-0.1, -0.05) is 35.9 Å². The normalized spacial score (nSPS) is 12.2. The zero-order chi connectivity index (χ0) is 22.5. The second kappa shape index (κ2) is 9.79. The fourth-order valence-electron chi connectivity index (χ4n) is 3.10. The molecule has 0 aromatic heterocycles. The van der Waals surface area contributed by atoms with E-state index in [2.05, 4.69) is 5.32 Å². The van der Waals surface area contributed by atoms with Crippen molar-refractivity contribution in [2.24, 2.45) is 0 Å². The maximum atomic E-state index is 13.1. The first-order valence-electron chi connectivity index (χ1n) is 10.3. The van der Waals surface area contributed by atoms with E-state index in [1.807, 2.05) is 84.0 Å². The lowest BCUT2D eigenvalue weighted by Crippen LogP contribution is -2.53. The summed E-state index contributed by atoms with van der Waals surface area (Å²) in [5.41, 5.74) is 3.99. The fourth-order valence-corrected chi connectivity index (χ4v) is 3.10. The number of amides is 2. The molecule has 0 aliphatic carbocycles. The third kappa shape index (κ3) is 6.90. The summed E-state index contributed by atoms with van der Waals surface area (Å²) in [7, 11) is 0. The minimum Gasteiger partial charge on any atom is -0.484 e. The van der Waals surface area contributed by atoms with Crippen LogP contribution in [0.1, 0.15) is 49.9 Å². The predicted octanol–water partition coefficient (Wildman–Crippen LogP) is 4.32. The molecule has 0 heterocycles. The van der Waals surface area contributed by atoms with Crippen LogP contribution < -0.4 is 10.1 Å². The van der Waals surface area contributed by atoms with Crippen LogP contribution in [0.3, 0.4) is 0 Å². The van der Waals surface area contributed by atoms with Crippen LogP contribution in [0.4, 0.5) is 0 Å². The molecule has 2 aromatic rings. The molecule has 0 aliphatic rings. The largest absolute Gasteiger partial charge is 0.484 e. The third-order valence-corrected chi connectivity index (χ3v) is 4.94. The highest BCUT2D eigenvalue weighted by Crippen LogP contribution is 2.17. The van der Waals surface area contributed by atoms with Crippen LogP contribution in [0.2, 0.25) is 0 Å². The number of carbonyl (C=O) groups is 2. The van der Waals surface area contributed by atoms with Crippen LogP contribution in [0.25, 0.3) is 0 Å². The molecule has 1 N–H and O–H groups in total. The summed E-state index contributed by atoms with van der Waals surface area (Å²) in [5.74, 6) is 0.231. The molecule has 5 heteroatoms. The van der Waals surface area contributed by atoms with E-state index in [0.717, 1.165) is 16.7 Å². The summed E-state index contributed by atoms with van der Waals surface area (Å²) >= 11 is 0. The highest BCUT2D eigenvalue weighted by molar-refractivity contribution is 5.88. The van der Waals surface area contributed by atoms with Gasteiger partial charge in [-0.15, -0.1) is 0 Å². The van der Waals surface area contributed by atoms with Crippen LogP contribution in [-0.2, 0) is 16.1 Å². The number of hydrogen-bond donors (Lipinski definition) is 1. The summed E-state index contributed by atoms with van der Waals surface area (Å²) in [6.45, 7) is 13.8. The third-order valence-electron chi connectivity index (χ3n) is 4.94. The van der Waals surface area contributed by atoms with Gasteiger partial charge in [-0.3, -0.25) is 9.59 Å². The molecule has 0 spiro atoms. The highest BCUT2D eigenvalue weighted by atomic mass is 16.5. The Morgan fingerprint density at radius 1 is 1.03 bits per heavy atom. The van der Waals surface area contributed by atoms with Crippen LogP contribution in [0, 0.1) is 20.8 Å². The molecule has 2 rings (SSSR count). The van der Waals surface area contributed by atoms with E-state index in [-0.39, 0.29) is 24.0 Å². The van der Waals surface area contributed by atoms with Gasteiger partial charge in [-0.05, 0) is 77.3 Å². The van der Waals surface area contributed by atoms with E-state index in [1.54, 1.807) is 11.8 Å². The predicted molar refractivity (Wildman–Crippen MR) is 120 cm³/mol. The topological polar surface area (TPSA) is 58.6 Å². The summed E-state index contributed by atoms with van der Waals surface area (Å²) in [4.78, 5) is 27.4. The summed E-state index contributed by atoms with van der Waals surface area (Å²) in [5, 5.41) is 2.97. The molecule has 0 radical (unpaired) electrons. The van der Waals surface area contributed by atoms with Crippen LogP contribution in [-0.4, -0.2) is 34.9 Å². The van der Waals surface area contributed by atoms with Crippen molar-refractivity contribution in [2.45, 2.75) is 66.6 Å². The summed E-state index contributed by atoms with van der Waals surface area (Å²) in [6.07, 6.45) is 0. The Bertz CT molecular complexity index is 900. The Labute approximate surface area is 180 Å². The van der Waals surface area contributed by atoms with Gasteiger partial charge in [0.05, 0.1) is 0 Å². The molecule has 0 bridgehead atoms. The minimum absolute atomic E-state index is 0.124. The van der Waals surface area contributed by atoms with Crippen molar-refractivity contribution in [1.82, 2.24) is 10.2 Å². The van der Waals surface area contributed by atoms with E-state index in [4.69, 9.17) is 4.74 Å². The van der Waals surface area contributed by atoms with Gasteiger partial charge < -0.3 is 15.0 Å². The number of ether oxygens (including phenoxy) is 1. The standard InChI is InChI=1S/C25H34N2O3/c1-17-9-8-10-21(13-17)15-27(20(4)24(29)26-25(5,6)7)23(28)16-30-22-12-11-18(2)19(3)14-22/h8-14,20H,15-16H2,1-7H3,(H,26,29)/t20-/m0/s1. The number of aryl methyl sites for hydroxylation is 3. The molecule has 5 nitrogen and oxygen atoms in total. The first-order chi connectivity index (χ1) is 14.0. The Hall–Kier alpha value is -2.82. The van der Waals surface area contributed by atoms with E-state index >= 15 is 0 Å². The van der Waals surface area contributed by atoms with Crippen LogP contribution in [0.15, 0.2) is 42.5 Å². The average molecular weight is 411 g/mol. The molecule has 1 atom stereocenters. The molecule has 0 unspecified atom stereocenters. The molecule has 2 amide bonds. The van der Waals surface area contributed by atoms with Crippen molar-refractivity contribution < 1.29 is 14.3 Å². The first-order valence-corrected chi connectivity index (χ1v) is 10.3. The van der Waals surface area contributed by atoms with Gasteiger partial charge in [0.15, 0.2) is 6.61 Å². The zero-order valence-corrected chi connectivity index (χ0v) is 19.2. The summed E-state index contributed by atoms with van der Waals surface area (Å²) < 4.78 is 5.75. The fraction of sp³-hybridized carbons (Fsp3) is 0.440. The second-order valence-corrected chi connectivity index (χ2v) is 8.96. The highest BCUT2D eigenvalue weighted by Gasteiger charge is 2.28. The van der Waals surface area contributed by atoms with Crippen molar-refractivity contribution in [3.8, 4) is 5.75 Å². The van der Waals surface area contributed by atoms with E-state index in [9.17, 15) is 9.59 Å². The number of hydrogen-bond acceptors (Lipinski definition) is 3. The maximum Gasteiger partial charge on any atom is 0.261 e. The summed E-state index contributed by atoms with van der Waals surface area (Å²) in [6, 6.07) is 13.1. The molecular formula is C25H34N2O3. The monoisotopic (exact) mass is 410 g/mol. The van der Waals surface area contributed by atoms with E-state index in [1.165, 1.54) is 5.56 Å². The van der Waals surface area contributed by atoms with Crippen molar-refractivity contribution in [3.05, 3.63) is 64.7 Å². The van der Waals surface area contributed by atoms with Gasteiger partial charge in [-0.2, -0.15) is 0 Å². The Balaban J connectivity index is 2.18. The SMILES string of the molecule is Cc1cccc(CN(C(=O)COc2ccc(C)c(C)c2)[C@@H](C)C(=O)NC(C)(C)C)c1. The lowest BCUT2D eigenvalue weighted by Gasteiger charge is -2.31. The Kier molecular flexibility index (Phi) is 7.65. The molecule has 0 aliphatic heterocycles. The Morgan fingerprint density at radius 3 is 2.33 bits per heavy atom. The molecule has 0 saturated carbocycles. The van der Waals surface area contributed by atoms with Gasteiger partial charge in [0.2, 0.25) is 5.91 Å². The maximum absolute atomic E-state index is 13.1. The number of nitrogens with zero attached hydrogens (tertiary/aromatic N) is 1. The quantitative estimate of drug-likeness (QED) is 0.739. The average Bonchev–Trinajstić information content (AvgIpc) is 2.65. The number of rotatable bonds is 7. The van der Waals surface area contributed by atoms with Crippen LogP contribution >= 0.6 is 0 Å². The molecule has 162 valence electrons. The number of nitrogens with one attached hydrogen (secondary N) is 1. The van der Waals surface area contributed by atoms with Gasteiger partial charge >= 0.3 is 0 Å². The minimum atomic E-state index is -0.624. The molecule has 0 saturated heterocycles. The van der Waals surface area contributed by atoms with Gasteiger partial charge in [0.25, 0.3) is 5.91 Å². The smallest absolute Gasteiger partial charge is 0.261 e. The lowest BCUT2D eigenvalue weighted by atomic mass is 10.1. The van der Waals surface area contributed by atoms with Crippen molar-refractivity contribution in [3.63, 3.8) is 0 Å².